The average molecular weight is 401 g/mol. The fourth-order valence-corrected chi connectivity index (χ4v) is 3.38. The maximum atomic E-state index is 13.5. The maximum absolute atomic E-state index is 13.5. The first kappa shape index (κ1) is 23.3. The summed E-state index contributed by atoms with van der Waals surface area (Å²) < 4.78 is 19.1. The fraction of sp³-hybridized carbons (Fsp3) is 0.600. The van der Waals surface area contributed by atoms with Crippen LogP contribution in [0.4, 0.5) is 4.39 Å². The summed E-state index contributed by atoms with van der Waals surface area (Å²) in [4.78, 5) is 9.04. The predicted octanol–water partition coefficient (Wildman–Crippen LogP) is 7.34. The van der Waals surface area contributed by atoms with E-state index in [-0.39, 0.29) is 0 Å². The normalized spacial score (nSPS) is 12.1. The topological polar surface area (TPSA) is 35.0 Å². The molecule has 0 N–H and O–H groups in total. The average Bonchev–Trinajstić information content (AvgIpc) is 2.74. The van der Waals surface area contributed by atoms with Crippen LogP contribution >= 0.6 is 0 Å². The molecule has 3 nitrogen and oxygen atoms in total. The molecule has 0 spiro atoms. The van der Waals surface area contributed by atoms with E-state index in [4.69, 9.17) is 4.74 Å². The van der Waals surface area contributed by atoms with E-state index < -0.39 is 6.17 Å². The zero-order valence-electron chi connectivity index (χ0n) is 18.2. The number of aromatic nitrogens is 2. The van der Waals surface area contributed by atoms with Gasteiger partial charge in [-0.25, -0.2) is 14.4 Å². The van der Waals surface area contributed by atoms with Gasteiger partial charge < -0.3 is 4.74 Å². The van der Waals surface area contributed by atoms with E-state index in [1.165, 1.54) is 50.5 Å². The zero-order chi connectivity index (χ0) is 20.7. The molecule has 0 amide bonds. The largest absolute Gasteiger partial charge is 0.493 e. The third-order valence-electron chi connectivity index (χ3n) is 5.19. The summed E-state index contributed by atoms with van der Waals surface area (Å²) in [6.07, 6.45) is 15.3. The number of alkyl halides is 1. The van der Waals surface area contributed by atoms with Crippen LogP contribution in [0.25, 0.3) is 11.4 Å². The summed E-state index contributed by atoms with van der Waals surface area (Å²) in [6, 6.07) is 7.72. The van der Waals surface area contributed by atoms with E-state index in [9.17, 15) is 4.39 Å². The van der Waals surface area contributed by atoms with Crippen molar-refractivity contribution in [2.45, 2.75) is 90.6 Å². The Morgan fingerprint density at radius 3 is 2.14 bits per heavy atom. The van der Waals surface area contributed by atoms with E-state index in [1.54, 1.807) is 0 Å². The van der Waals surface area contributed by atoms with Crippen molar-refractivity contribution in [3.63, 3.8) is 0 Å². The van der Waals surface area contributed by atoms with Gasteiger partial charge in [0.1, 0.15) is 11.9 Å². The van der Waals surface area contributed by atoms with Crippen LogP contribution in [0.2, 0.25) is 0 Å². The molecule has 0 saturated carbocycles. The first-order chi connectivity index (χ1) is 14.2. The molecule has 0 aliphatic heterocycles. The lowest BCUT2D eigenvalue weighted by Crippen LogP contribution is -2.07. The molecule has 1 atom stereocenters. The summed E-state index contributed by atoms with van der Waals surface area (Å²) in [5.74, 6) is 1.49. The minimum atomic E-state index is -0.771. The van der Waals surface area contributed by atoms with Gasteiger partial charge in [-0.05, 0) is 49.1 Å². The molecule has 0 radical (unpaired) electrons. The van der Waals surface area contributed by atoms with E-state index in [2.05, 4.69) is 16.9 Å². The van der Waals surface area contributed by atoms with Crippen LogP contribution in [0.15, 0.2) is 36.7 Å². The van der Waals surface area contributed by atoms with Crippen molar-refractivity contribution >= 4 is 0 Å². The van der Waals surface area contributed by atoms with Gasteiger partial charge in [0.15, 0.2) is 5.82 Å². The van der Waals surface area contributed by atoms with Gasteiger partial charge in [0, 0.05) is 24.4 Å². The second-order valence-corrected chi connectivity index (χ2v) is 7.83. The molecule has 1 aromatic carbocycles. The zero-order valence-corrected chi connectivity index (χ0v) is 18.2. The smallest absolute Gasteiger partial charge is 0.159 e. The molecule has 2 rings (SSSR count). The number of benzene rings is 1. The lowest BCUT2D eigenvalue weighted by molar-refractivity contribution is 0.225. The van der Waals surface area contributed by atoms with E-state index in [1.807, 2.05) is 43.6 Å². The van der Waals surface area contributed by atoms with Gasteiger partial charge in [0.2, 0.25) is 0 Å². The quantitative estimate of drug-likeness (QED) is 0.293. The number of halogens is 1. The number of ether oxygens (including phenoxy) is 1. The van der Waals surface area contributed by atoms with E-state index >= 15 is 0 Å². The summed E-state index contributed by atoms with van der Waals surface area (Å²) in [5, 5.41) is 0. The van der Waals surface area contributed by atoms with Crippen LogP contribution in [-0.4, -0.2) is 22.7 Å². The van der Waals surface area contributed by atoms with E-state index in [0.29, 0.717) is 19.4 Å². The minimum absolute atomic E-state index is 0.407. The highest BCUT2D eigenvalue weighted by molar-refractivity contribution is 5.55. The van der Waals surface area contributed by atoms with Crippen molar-refractivity contribution in [3.8, 4) is 17.1 Å². The molecule has 0 aliphatic carbocycles. The Morgan fingerprint density at radius 2 is 1.48 bits per heavy atom. The Hall–Kier alpha value is -1.97. The standard InChI is InChI=1S/C25H37FN2O/c1-3-5-6-7-8-9-10-12-21-19-27-25(28-20-21)22-13-15-24(16-14-22)29-18-17-23(26)11-4-2/h13-16,19-20,23H,3-12,17-18H2,1-2H3. The molecule has 1 aromatic heterocycles. The van der Waals surface area contributed by atoms with Crippen LogP contribution < -0.4 is 4.74 Å². The van der Waals surface area contributed by atoms with Gasteiger partial charge in [-0.1, -0.05) is 58.8 Å². The van der Waals surface area contributed by atoms with Crippen molar-refractivity contribution < 1.29 is 9.13 Å². The van der Waals surface area contributed by atoms with Crippen molar-refractivity contribution in [1.82, 2.24) is 9.97 Å². The molecule has 0 aliphatic rings. The Balaban J connectivity index is 1.72. The SMILES string of the molecule is CCCCCCCCCc1cnc(-c2ccc(OCCC(F)CCC)cc2)nc1. The molecule has 0 saturated heterocycles. The fourth-order valence-electron chi connectivity index (χ4n) is 3.38. The minimum Gasteiger partial charge on any atom is -0.493 e. The molecule has 29 heavy (non-hydrogen) atoms. The van der Waals surface area contributed by atoms with Crippen molar-refractivity contribution in [2.24, 2.45) is 0 Å². The molecular weight excluding hydrogens is 363 g/mol. The van der Waals surface area contributed by atoms with Gasteiger partial charge in [-0.15, -0.1) is 0 Å². The number of hydrogen-bond acceptors (Lipinski definition) is 3. The number of nitrogens with zero attached hydrogens (tertiary/aromatic N) is 2. The molecule has 1 heterocycles. The lowest BCUT2D eigenvalue weighted by atomic mass is 10.1. The van der Waals surface area contributed by atoms with Gasteiger partial charge in [0.05, 0.1) is 6.61 Å². The second-order valence-electron chi connectivity index (χ2n) is 7.83. The molecule has 0 bridgehead atoms. The Kier molecular flexibility index (Phi) is 11.3. The number of rotatable bonds is 15. The summed E-state index contributed by atoms with van der Waals surface area (Å²) in [5.41, 5.74) is 2.17. The van der Waals surface area contributed by atoms with Crippen LogP contribution in [0, 0.1) is 0 Å². The third-order valence-corrected chi connectivity index (χ3v) is 5.19. The number of aryl methyl sites for hydroxylation is 1. The summed E-state index contributed by atoms with van der Waals surface area (Å²) in [7, 11) is 0. The van der Waals surface area contributed by atoms with Crippen molar-refractivity contribution in [1.29, 1.82) is 0 Å². The Morgan fingerprint density at radius 1 is 0.828 bits per heavy atom. The third kappa shape index (κ3) is 9.38. The molecule has 160 valence electrons. The molecule has 1 unspecified atom stereocenters. The maximum Gasteiger partial charge on any atom is 0.159 e. The monoisotopic (exact) mass is 400 g/mol. The molecule has 2 aromatic rings. The number of hydrogen-bond donors (Lipinski definition) is 0. The first-order valence-electron chi connectivity index (χ1n) is 11.4. The van der Waals surface area contributed by atoms with Crippen LogP contribution in [0.5, 0.6) is 5.75 Å². The summed E-state index contributed by atoms with van der Waals surface area (Å²) in [6.45, 7) is 4.66. The summed E-state index contributed by atoms with van der Waals surface area (Å²) >= 11 is 0. The Labute approximate surface area is 176 Å². The van der Waals surface area contributed by atoms with E-state index in [0.717, 1.165) is 30.0 Å². The second kappa shape index (κ2) is 14.1. The lowest BCUT2D eigenvalue weighted by Gasteiger charge is -2.09. The highest BCUT2D eigenvalue weighted by Crippen LogP contribution is 2.20. The molecule has 4 heteroatoms. The highest BCUT2D eigenvalue weighted by Gasteiger charge is 2.06. The molecule has 0 fully saturated rings. The van der Waals surface area contributed by atoms with Crippen LogP contribution in [-0.2, 0) is 6.42 Å². The van der Waals surface area contributed by atoms with Gasteiger partial charge in [0.25, 0.3) is 0 Å². The van der Waals surface area contributed by atoms with Crippen molar-refractivity contribution in [2.75, 3.05) is 6.61 Å². The van der Waals surface area contributed by atoms with Crippen LogP contribution in [0.3, 0.4) is 0 Å². The molecular formula is C25H37FN2O. The van der Waals surface area contributed by atoms with Crippen molar-refractivity contribution in [3.05, 3.63) is 42.2 Å². The van der Waals surface area contributed by atoms with Gasteiger partial charge >= 0.3 is 0 Å². The Bertz CT molecular complexity index is 658. The van der Waals surface area contributed by atoms with Crippen LogP contribution in [0.1, 0.15) is 83.6 Å². The highest BCUT2D eigenvalue weighted by atomic mass is 19.1. The predicted molar refractivity (Wildman–Crippen MR) is 119 cm³/mol. The van der Waals surface area contributed by atoms with Gasteiger partial charge in [-0.3, -0.25) is 0 Å². The number of unbranched alkanes of at least 4 members (excludes halogenated alkanes) is 6. The first-order valence-corrected chi connectivity index (χ1v) is 11.4. The van der Waals surface area contributed by atoms with Gasteiger partial charge in [-0.2, -0.15) is 0 Å².